The van der Waals surface area contributed by atoms with Gasteiger partial charge in [0.25, 0.3) is 0 Å². The molecule has 2 fully saturated rings. The Morgan fingerprint density at radius 3 is 2.80 bits per heavy atom. The molecule has 3 heteroatoms. The first-order valence-corrected chi connectivity index (χ1v) is 6.34. The zero-order valence-electron chi connectivity index (χ0n) is 10.4. The molecule has 0 amide bonds. The fourth-order valence-electron chi connectivity index (χ4n) is 3.33. The lowest BCUT2D eigenvalue weighted by atomic mass is 9.85. The standard InChI is InChI=1S/C12H25N3/c1-4-12-10-9-14(2)7-5-11(10)13-6-8-15(12)3/h10-13H,4-9H2,1-3H3/t10-,11?,12+/m1/s1. The van der Waals surface area contributed by atoms with Crippen molar-refractivity contribution in [2.75, 3.05) is 40.3 Å². The summed E-state index contributed by atoms with van der Waals surface area (Å²) in [6.07, 6.45) is 2.61. The van der Waals surface area contributed by atoms with E-state index >= 15 is 0 Å². The van der Waals surface area contributed by atoms with Crippen molar-refractivity contribution in [1.29, 1.82) is 0 Å². The number of fused-ring (bicyclic) bond motifs is 1. The van der Waals surface area contributed by atoms with Gasteiger partial charge in [0, 0.05) is 37.6 Å². The summed E-state index contributed by atoms with van der Waals surface area (Å²) < 4.78 is 0. The number of hydrogen-bond acceptors (Lipinski definition) is 3. The van der Waals surface area contributed by atoms with Crippen molar-refractivity contribution in [2.24, 2.45) is 5.92 Å². The molecule has 2 rings (SSSR count). The summed E-state index contributed by atoms with van der Waals surface area (Å²) in [5, 5.41) is 3.73. The second-order valence-electron chi connectivity index (χ2n) is 5.23. The first-order valence-electron chi connectivity index (χ1n) is 6.34. The summed E-state index contributed by atoms with van der Waals surface area (Å²) in [6.45, 7) is 7.22. The maximum Gasteiger partial charge on any atom is 0.0145 e. The van der Waals surface area contributed by atoms with Crippen LogP contribution in [0.25, 0.3) is 0 Å². The molecule has 0 spiro atoms. The maximum atomic E-state index is 3.73. The third kappa shape index (κ3) is 2.35. The Kier molecular flexibility index (Phi) is 3.65. The van der Waals surface area contributed by atoms with Gasteiger partial charge in [0.2, 0.25) is 0 Å². The Hall–Kier alpha value is -0.120. The van der Waals surface area contributed by atoms with Crippen molar-refractivity contribution in [1.82, 2.24) is 15.1 Å². The van der Waals surface area contributed by atoms with Crippen LogP contribution in [0.2, 0.25) is 0 Å². The van der Waals surface area contributed by atoms with Crippen LogP contribution in [0.3, 0.4) is 0 Å². The zero-order valence-corrected chi connectivity index (χ0v) is 10.4. The van der Waals surface area contributed by atoms with E-state index in [1.165, 1.54) is 32.5 Å². The average Bonchev–Trinajstić information content (AvgIpc) is 2.36. The van der Waals surface area contributed by atoms with E-state index in [9.17, 15) is 0 Å². The van der Waals surface area contributed by atoms with Crippen molar-refractivity contribution in [3.8, 4) is 0 Å². The van der Waals surface area contributed by atoms with Gasteiger partial charge in [-0.15, -0.1) is 0 Å². The lowest BCUT2D eigenvalue weighted by Gasteiger charge is -2.41. The van der Waals surface area contributed by atoms with E-state index in [2.05, 4.69) is 36.1 Å². The SMILES string of the molecule is CC[C@H]1[C@@H]2CN(C)CCC2NCCN1C. The van der Waals surface area contributed by atoms with Gasteiger partial charge in [0.1, 0.15) is 0 Å². The second-order valence-corrected chi connectivity index (χ2v) is 5.23. The molecular weight excluding hydrogens is 186 g/mol. The highest BCUT2D eigenvalue weighted by atomic mass is 15.2. The largest absolute Gasteiger partial charge is 0.312 e. The highest BCUT2D eigenvalue weighted by Gasteiger charge is 2.36. The molecule has 0 saturated carbocycles. The molecule has 2 saturated heterocycles. The third-order valence-electron chi connectivity index (χ3n) is 4.21. The topological polar surface area (TPSA) is 18.5 Å². The monoisotopic (exact) mass is 211 g/mol. The molecule has 3 atom stereocenters. The highest BCUT2D eigenvalue weighted by Crippen LogP contribution is 2.26. The van der Waals surface area contributed by atoms with Gasteiger partial charge in [-0.05, 0) is 33.5 Å². The minimum atomic E-state index is 0.760. The van der Waals surface area contributed by atoms with Gasteiger partial charge < -0.3 is 15.1 Å². The van der Waals surface area contributed by atoms with E-state index < -0.39 is 0 Å². The first kappa shape index (κ1) is 11.4. The molecule has 3 nitrogen and oxygen atoms in total. The molecule has 0 radical (unpaired) electrons. The van der Waals surface area contributed by atoms with Crippen LogP contribution in [0.15, 0.2) is 0 Å². The molecule has 1 unspecified atom stereocenters. The zero-order chi connectivity index (χ0) is 10.8. The summed E-state index contributed by atoms with van der Waals surface area (Å²) in [5.74, 6) is 0.821. The summed E-state index contributed by atoms with van der Waals surface area (Å²) >= 11 is 0. The number of piperidine rings is 1. The predicted molar refractivity (Wildman–Crippen MR) is 64.1 cm³/mol. The van der Waals surface area contributed by atoms with Gasteiger partial charge in [-0.1, -0.05) is 6.92 Å². The quantitative estimate of drug-likeness (QED) is 0.686. The van der Waals surface area contributed by atoms with Gasteiger partial charge >= 0.3 is 0 Å². The van der Waals surface area contributed by atoms with Crippen LogP contribution in [0.4, 0.5) is 0 Å². The van der Waals surface area contributed by atoms with Crippen molar-refractivity contribution in [3.05, 3.63) is 0 Å². The van der Waals surface area contributed by atoms with Crippen LogP contribution in [0.5, 0.6) is 0 Å². The van der Waals surface area contributed by atoms with E-state index in [-0.39, 0.29) is 0 Å². The summed E-state index contributed by atoms with van der Waals surface area (Å²) in [6, 6.07) is 1.53. The van der Waals surface area contributed by atoms with Crippen molar-refractivity contribution in [2.45, 2.75) is 31.8 Å². The van der Waals surface area contributed by atoms with E-state index in [4.69, 9.17) is 0 Å². The number of rotatable bonds is 1. The molecule has 1 N–H and O–H groups in total. The van der Waals surface area contributed by atoms with Gasteiger partial charge in [-0.25, -0.2) is 0 Å². The van der Waals surface area contributed by atoms with Crippen molar-refractivity contribution in [3.63, 3.8) is 0 Å². The molecule has 15 heavy (non-hydrogen) atoms. The smallest absolute Gasteiger partial charge is 0.0145 e. The van der Waals surface area contributed by atoms with Gasteiger partial charge in [0.15, 0.2) is 0 Å². The van der Waals surface area contributed by atoms with Gasteiger partial charge in [-0.2, -0.15) is 0 Å². The van der Waals surface area contributed by atoms with Crippen LogP contribution in [0.1, 0.15) is 19.8 Å². The maximum absolute atomic E-state index is 3.73. The van der Waals surface area contributed by atoms with Crippen molar-refractivity contribution < 1.29 is 0 Å². The summed E-state index contributed by atoms with van der Waals surface area (Å²) in [4.78, 5) is 5.04. The van der Waals surface area contributed by atoms with Gasteiger partial charge in [-0.3, -0.25) is 0 Å². The Balaban J connectivity index is 2.11. The summed E-state index contributed by atoms with van der Waals surface area (Å²) in [7, 11) is 4.54. The minimum absolute atomic E-state index is 0.760. The fourth-order valence-corrected chi connectivity index (χ4v) is 3.33. The van der Waals surface area contributed by atoms with E-state index in [0.29, 0.717) is 0 Å². The molecule has 0 aromatic rings. The highest BCUT2D eigenvalue weighted by molar-refractivity contribution is 4.93. The van der Waals surface area contributed by atoms with E-state index in [1.807, 2.05) is 0 Å². The fraction of sp³-hybridized carbons (Fsp3) is 1.00. The van der Waals surface area contributed by atoms with Gasteiger partial charge in [0.05, 0.1) is 0 Å². The number of likely N-dealkylation sites (tertiary alicyclic amines) is 1. The van der Waals surface area contributed by atoms with Crippen LogP contribution in [-0.4, -0.2) is 62.2 Å². The van der Waals surface area contributed by atoms with E-state index in [1.54, 1.807) is 0 Å². The number of hydrogen-bond donors (Lipinski definition) is 1. The predicted octanol–water partition coefficient (Wildman–Crippen LogP) is 0.620. The van der Waals surface area contributed by atoms with Crippen molar-refractivity contribution >= 4 is 0 Å². The first-order chi connectivity index (χ1) is 7.22. The Labute approximate surface area is 93.8 Å². The molecule has 0 aliphatic carbocycles. The molecule has 2 aliphatic rings. The third-order valence-corrected chi connectivity index (χ3v) is 4.21. The lowest BCUT2D eigenvalue weighted by molar-refractivity contribution is 0.0996. The Bertz CT molecular complexity index is 205. The number of nitrogens with one attached hydrogen (secondary N) is 1. The molecule has 0 aromatic heterocycles. The minimum Gasteiger partial charge on any atom is -0.312 e. The molecule has 88 valence electrons. The van der Waals surface area contributed by atoms with Crippen LogP contribution in [0, 0.1) is 5.92 Å². The average molecular weight is 211 g/mol. The number of nitrogens with zero attached hydrogens (tertiary/aromatic N) is 2. The lowest BCUT2D eigenvalue weighted by Crippen LogP contribution is -2.52. The van der Waals surface area contributed by atoms with E-state index in [0.717, 1.165) is 24.5 Å². The van der Waals surface area contributed by atoms with Crippen LogP contribution < -0.4 is 5.32 Å². The molecule has 0 aromatic carbocycles. The van der Waals surface area contributed by atoms with Crippen LogP contribution >= 0.6 is 0 Å². The molecular formula is C12H25N3. The molecule has 2 aliphatic heterocycles. The molecule has 2 heterocycles. The Morgan fingerprint density at radius 2 is 2.07 bits per heavy atom. The normalized spacial score (nSPS) is 39.8. The summed E-state index contributed by atoms with van der Waals surface area (Å²) in [5.41, 5.74) is 0. The van der Waals surface area contributed by atoms with Crippen LogP contribution in [-0.2, 0) is 0 Å². The Morgan fingerprint density at radius 1 is 1.27 bits per heavy atom. The second kappa shape index (κ2) is 4.81. The molecule has 0 bridgehead atoms. The number of likely N-dealkylation sites (N-methyl/N-ethyl adjacent to an activating group) is 1.